The Kier molecular flexibility index (Phi) is 6.83. The minimum Gasteiger partial charge on any atom is -0.491 e. The maximum Gasteiger partial charge on any atom is 0.309 e. The zero-order valence-electron chi connectivity index (χ0n) is 19.4. The molecule has 1 fully saturated rings. The third kappa shape index (κ3) is 4.80. The molecule has 3 heterocycles. The van der Waals surface area contributed by atoms with Gasteiger partial charge in [0.1, 0.15) is 23.7 Å². The van der Waals surface area contributed by atoms with Crippen LogP contribution < -0.4 is 20.7 Å². The Morgan fingerprint density at radius 1 is 1.33 bits per heavy atom. The van der Waals surface area contributed by atoms with Gasteiger partial charge in [0.15, 0.2) is 0 Å². The summed E-state index contributed by atoms with van der Waals surface area (Å²) in [7, 11) is 0. The van der Waals surface area contributed by atoms with Crippen molar-refractivity contribution in [3.8, 4) is 5.75 Å². The van der Waals surface area contributed by atoms with E-state index >= 15 is 0 Å². The van der Waals surface area contributed by atoms with Crippen molar-refractivity contribution in [2.45, 2.75) is 45.2 Å². The first-order valence-electron chi connectivity index (χ1n) is 11.6. The van der Waals surface area contributed by atoms with Crippen LogP contribution in [0.3, 0.4) is 0 Å². The van der Waals surface area contributed by atoms with Crippen LogP contribution in [0.5, 0.6) is 5.75 Å². The number of esters is 1. The third-order valence-electron chi connectivity index (χ3n) is 6.66. The van der Waals surface area contributed by atoms with E-state index in [1.54, 1.807) is 13.1 Å². The van der Waals surface area contributed by atoms with Crippen molar-refractivity contribution in [2.75, 3.05) is 31.2 Å². The second-order valence-electron chi connectivity index (χ2n) is 8.84. The summed E-state index contributed by atoms with van der Waals surface area (Å²) >= 11 is 0. The Bertz CT molecular complexity index is 1030. The van der Waals surface area contributed by atoms with Crippen molar-refractivity contribution >= 4 is 17.5 Å². The van der Waals surface area contributed by atoms with Crippen LogP contribution in [0.15, 0.2) is 36.5 Å². The maximum absolute atomic E-state index is 12.6. The van der Waals surface area contributed by atoms with Gasteiger partial charge in [-0.05, 0) is 75.0 Å². The van der Waals surface area contributed by atoms with Crippen LogP contribution >= 0.6 is 0 Å². The first kappa shape index (κ1) is 23.0. The minimum absolute atomic E-state index is 0.0226. The summed E-state index contributed by atoms with van der Waals surface area (Å²) in [5.74, 6) is 0.130. The molecule has 2 aromatic rings. The lowest BCUT2D eigenvalue weighted by Gasteiger charge is -2.49. The molecule has 1 aromatic heterocycles. The zero-order valence-corrected chi connectivity index (χ0v) is 19.4. The number of anilines is 1. The molecule has 8 heteroatoms. The minimum atomic E-state index is -0.975. The van der Waals surface area contributed by atoms with Crippen LogP contribution in [-0.2, 0) is 22.5 Å². The zero-order chi connectivity index (χ0) is 23.4. The lowest BCUT2D eigenvalue weighted by molar-refractivity contribution is -0.149. The van der Waals surface area contributed by atoms with E-state index in [0.717, 1.165) is 36.6 Å². The number of carbonyl (C=O) groups excluding carboxylic acids is 1. The Labute approximate surface area is 195 Å². The van der Waals surface area contributed by atoms with Crippen molar-refractivity contribution < 1.29 is 14.3 Å². The molecule has 2 aliphatic heterocycles. The van der Waals surface area contributed by atoms with Crippen LogP contribution in [0, 0.1) is 18.3 Å². The standard InChI is InChI=1S/C25H33N5O3/c1-3-32-23(31)19-8-11-30(21-7-10-29-17(2)12-21)25(14-19,24(26)27)16-33-22-5-4-18-6-9-28-15-20(18)13-22/h4-5,7,10,12-13,19,28H,3,6,8-9,11,14-16H2,1-2H3,(H3,26,27). The molecule has 1 aromatic carbocycles. The van der Waals surface area contributed by atoms with Crippen LogP contribution in [0.2, 0.25) is 0 Å². The highest BCUT2D eigenvalue weighted by atomic mass is 16.5. The van der Waals surface area contributed by atoms with E-state index in [0.29, 0.717) is 26.0 Å². The summed E-state index contributed by atoms with van der Waals surface area (Å²) < 4.78 is 11.6. The first-order valence-corrected chi connectivity index (χ1v) is 11.6. The average molecular weight is 452 g/mol. The van der Waals surface area contributed by atoms with E-state index in [4.69, 9.17) is 20.6 Å². The van der Waals surface area contributed by atoms with Crippen LogP contribution in [-0.4, -0.2) is 48.6 Å². The van der Waals surface area contributed by atoms with Crippen molar-refractivity contribution in [3.63, 3.8) is 0 Å². The third-order valence-corrected chi connectivity index (χ3v) is 6.66. The molecule has 33 heavy (non-hydrogen) atoms. The van der Waals surface area contributed by atoms with E-state index in [1.807, 2.05) is 25.1 Å². The number of nitrogens with two attached hydrogens (primary N) is 1. The molecule has 176 valence electrons. The lowest BCUT2D eigenvalue weighted by Crippen LogP contribution is -2.65. The van der Waals surface area contributed by atoms with E-state index in [-0.39, 0.29) is 24.3 Å². The fourth-order valence-electron chi connectivity index (χ4n) is 4.87. The predicted molar refractivity (Wildman–Crippen MR) is 128 cm³/mol. The monoisotopic (exact) mass is 451 g/mol. The maximum atomic E-state index is 12.6. The SMILES string of the molecule is CCOC(=O)C1CCN(c2ccnc(C)c2)C(COc2ccc3c(c2)CNCC3)(C(=N)N)C1. The number of piperidine rings is 1. The quantitative estimate of drug-likeness (QED) is 0.337. The normalized spacial score (nSPS) is 22.4. The highest BCUT2D eigenvalue weighted by molar-refractivity contribution is 5.92. The lowest BCUT2D eigenvalue weighted by atomic mass is 9.79. The molecule has 2 aliphatic rings. The highest BCUT2D eigenvalue weighted by Gasteiger charge is 2.48. The molecule has 1 saturated heterocycles. The molecule has 4 N–H and O–H groups in total. The van der Waals surface area contributed by atoms with Gasteiger partial charge in [-0.2, -0.15) is 0 Å². The number of aryl methyl sites for hydroxylation is 1. The number of hydrogen-bond donors (Lipinski definition) is 3. The Morgan fingerprint density at radius 3 is 2.94 bits per heavy atom. The second kappa shape index (κ2) is 9.79. The van der Waals surface area contributed by atoms with Gasteiger partial charge in [0.25, 0.3) is 0 Å². The van der Waals surface area contributed by atoms with E-state index in [1.165, 1.54) is 11.1 Å². The van der Waals surface area contributed by atoms with Crippen molar-refractivity contribution in [2.24, 2.45) is 11.7 Å². The number of hydrogen-bond acceptors (Lipinski definition) is 7. The molecule has 0 bridgehead atoms. The summed E-state index contributed by atoms with van der Waals surface area (Å²) in [5.41, 5.74) is 9.64. The van der Waals surface area contributed by atoms with Crippen molar-refractivity contribution in [3.05, 3.63) is 53.3 Å². The van der Waals surface area contributed by atoms with E-state index < -0.39 is 5.54 Å². The predicted octanol–water partition coefficient (Wildman–Crippen LogP) is 2.57. The van der Waals surface area contributed by atoms with Gasteiger partial charge < -0.3 is 25.4 Å². The number of benzene rings is 1. The summed E-state index contributed by atoms with van der Waals surface area (Å²) in [4.78, 5) is 19.0. The Balaban J connectivity index is 1.65. The number of ether oxygens (including phenoxy) is 2. The largest absolute Gasteiger partial charge is 0.491 e. The second-order valence-corrected chi connectivity index (χ2v) is 8.84. The summed E-state index contributed by atoms with van der Waals surface area (Å²) in [5, 5.41) is 12.0. The van der Waals surface area contributed by atoms with Gasteiger partial charge in [-0.1, -0.05) is 6.07 Å². The number of carbonyl (C=O) groups is 1. The van der Waals surface area contributed by atoms with Gasteiger partial charge in [-0.3, -0.25) is 15.2 Å². The molecule has 0 saturated carbocycles. The Hall–Kier alpha value is -3.13. The first-order chi connectivity index (χ1) is 15.9. The molecule has 0 radical (unpaired) electrons. The van der Waals surface area contributed by atoms with Crippen molar-refractivity contribution in [1.82, 2.24) is 10.3 Å². The molecule has 0 spiro atoms. The molecule has 2 unspecified atom stereocenters. The average Bonchev–Trinajstić information content (AvgIpc) is 2.82. The van der Waals surface area contributed by atoms with Gasteiger partial charge in [-0.25, -0.2) is 0 Å². The number of rotatable bonds is 7. The molecular formula is C25H33N5O3. The van der Waals surface area contributed by atoms with E-state index in [9.17, 15) is 4.79 Å². The van der Waals surface area contributed by atoms with E-state index in [2.05, 4.69) is 27.3 Å². The molecule has 2 atom stereocenters. The smallest absolute Gasteiger partial charge is 0.309 e. The molecule has 4 rings (SSSR count). The number of fused-ring (bicyclic) bond motifs is 1. The highest BCUT2D eigenvalue weighted by Crippen LogP contribution is 2.37. The summed E-state index contributed by atoms with van der Waals surface area (Å²) in [6.07, 6.45) is 3.74. The summed E-state index contributed by atoms with van der Waals surface area (Å²) in [6.45, 7) is 6.58. The number of nitrogens with one attached hydrogen (secondary N) is 2. The fraction of sp³-hybridized carbons (Fsp3) is 0.480. The molecular weight excluding hydrogens is 418 g/mol. The summed E-state index contributed by atoms with van der Waals surface area (Å²) in [6, 6.07) is 10.0. The molecule has 0 amide bonds. The van der Waals surface area contributed by atoms with Crippen molar-refractivity contribution in [1.29, 1.82) is 5.41 Å². The van der Waals surface area contributed by atoms with Gasteiger partial charge >= 0.3 is 5.97 Å². The van der Waals surface area contributed by atoms with Gasteiger partial charge in [0.2, 0.25) is 0 Å². The van der Waals surface area contributed by atoms with Gasteiger partial charge in [0, 0.05) is 30.7 Å². The van der Waals surface area contributed by atoms with Gasteiger partial charge in [0.05, 0.1) is 12.5 Å². The fourth-order valence-corrected chi connectivity index (χ4v) is 4.87. The molecule has 0 aliphatic carbocycles. The Morgan fingerprint density at radius 2 is 2.18 bits per heavy atom. The number of nitrogens with zero attached hydrogens (tertiary/aromatic N) is 2. The number of aromatic nitrogens is 1. The number of amidine groups is 1. The van der Waals surface area contributed by atoms with Gasteiger partial charge in [-0.15, -0.1) is 0 Å². The van der Waals surface area contributed by atoms with Crippen LogP contribution in [0.1, 0.15) is 36.6 Å². The topological polar surface area (TPSA) is 114 Å². The van der Waals surface area contributed by atoms with Crippen LogP contribution in [0.25, 0.3) is 0 Å². The van der Waals surface area contributed by atoms with Crippen LogP contribution in [0.4, 0.5) is 5.69 Å². The molecule has 8 nitrogen and oxygen atoms in total. The number of pyridine rings is 1.